The molecule has 1 saturated heterocycles. The fourth-order valence-corrected chi connectivity index (χ4v) is 3.02. The highest BCUT2D eigenvalue weighted by Crippen LogP contribution is 2.25. The van der Waals surface area contributed by atoms with E-state index in [-0.39, 0.29) is 6.54 Å². The van der Waals surface area contributed by atoms with Crippen LogP contribution in [-0.2, 0) is 16.1 Å². The molecule has 1 fully saturated rings. The molecule has 2 heterocycles. The lowest BCUT2D eigenvalue weighted by molar-refractivity contribution is -0.157. The lowest BCUT2D eigenvalue weighted by atomic mass is 9.85. The topological polar surface area (TPSA) is 90.7 Å². The molecule has 104 valence electrons. The van der Waals surface area contributed by atoms with E-state index < -0.39 is 23.8 Å². The normalized spacial score (nSPS) is 24.3. The maximum atomic E-state index is 11.2. The van der Waals surface area contributed by atoms with E-state index in [2.05, 4.69) is 4.98 Å². The minimum absolute atomic E-state index is 0.267. The van der Waals surface area contributed by atoms with Gasteiger partial charge in [-0.2, -0.15) is 0 Å². The number of aromatic nitrogens is 1. The number of hydrogen-bond donors (Lipinski definition) is 2. The van der Waals surface area contributed by atoms with Gasteiger partial charge in [0.05, 0.1) is 22.5 Å². The highest BCUT2D eigenvalue weighted by molar-refractivity contribution is 7.09. The van der Waals surface area contributed by atoms with Crippen molar-refractivity contribution >= 4 is 23.3 Å². The van der Waals surface area contributed by atoms with Gasteiger partial charge in [0, 0.05) is 18.5 Å². The number of nitrogens with zero attached hydrogens (tertiary/aromatic N) is 2. The molecule has 1 aliphatic rings. The number of likely N-dealkylation sites (tertiary alicyclic amines) is 1. The highest BCUT2D eigenvalue weighted by Gasteiger charge is 2.38. The van der Waals surface area contributed by atoms with E-state index in [0.29, 0.717) is 19.5 Å². The number of aliphatic carboxylic acids is 2. The van der Waals surface area contributed by atoms with Gasteiger partial charge < -0.3 is 10.2 Å². The number of thiazole rings is 1. The minimum Gasteiger partial charge on any atom is -0.481 e. The first-order valence-corrected chi connectivity index (χ1v) is 6.94. The number of aryl methyl sites for hydroxylation is 1. The fourth-order valence-electron chi connectivity index (χ4n) is 2.42. The molecular weight excluding hydrogens is 268 g/mol. The second-order valence-corrected chi connectivity index (χ2v) is 5.83. The lowest BCUT2D eigenvalue weighted by Crippen LogP contribution is -2.46. The summed E-state index contributed by atoms with van der Waals surface area (Å²) in [6.45, 7) is 3.37. The van der Waals surface area contributed by atoms with E-state index in [0.717, 1.165) is 10.7 Å². The van der Waals surface area contributed by atoms with E-state index in [9.17, 15) is 9.59 Å². The Hall–Kier alpha value is -1.47. The second-order valence-electron chi connectivity index (χ2n) is 4.77. The monoisotopic (exact) mass is 284 g/mol. The summed E-state index contributed by atoms with van der Waals surface area (Å²) in [4.78, 5) is 28.5. The van der Waals surface area contributed by atoms with Gasteiger partial charge in [0.1, 0.15) is 0 Å². The Bertz CT molecular complexity index is 488. The van der Waals surface area contributed by atoms with Crippen LogP contribution in [0.5, 0.6) is 0 Å². The Kier molecular flexibility index (Phi) is 4.16. The largest absolute Gasteiger partial charge is 0.481 e. The summed E-state index contributed by atoms with van der Waals surface area (Å²) in [5.41, 5.74) is 0.917. The molecule has 2 N–H and O–H groups in total. The SMILES string of the molecule is Cc1nc(CN2CCC(C(=O)O)C(C(=O)O)C2)cs1. The molecule has 2 unspecified atom stereocenters. The predicted molar refractivity (Wildman–Crippen MR) is 69.0 cm³/mol. The molecule has 7 heteroatoms. The molecule has 0 spiro atoms. The van der Waals surface area contributed by atoms with Gasteiger partial charge in [0.25, 0.3) is 0 Å². The zero-order chi connectivity index (χ0) is 14.0. The number of rotatable bonds is 4. The average Bonchev–Trinajstić information content (AvgIpc) is 2.74. The van der Waals surface area contributed by atoms with Gasteiger partial charge in [-0.05, 0) is 19.9 Å². The van der Waals surface area contributed by atoms with Gasteiger partial charge in [-0.3, -0.25) is 14.5 Å². The molecule has 1 aromatic rings. The molecule has 2 rings (SSSR count). The molecule has 0 aromatic carbocycles. The molecule has 0 radical (unpaired) electrons. The number of hydrogen-bond acceptors (Lipinski definition) is 5. The molecular formula is C12H16N2O4S. The van der Waals surface area contributed by atoms with Crippen LogP contribution in [0.2, 0.25) is 0 Å². The van der Waals surface area contributed by atoms with E-state index in [1.54, 1.807) is 11.3 Å². The first-order chi connectivity index (χ1) is 8.97. The summed E-state index contributed by atoms with van der Waals surface area (Å²) < 4.78 is 0. The second kappa shape index (κ2) is 5.66. The van der Waals surface area contributed by atoms with E-state index in [1.807, 2.05) is 17.2 Å². The van der Waals surface area contributed by atoms with Crippen LogP contribution in [0.1, 0.15) is 17.1 Å². The Morgan fingerprint density at radius 2 is 2.11 bits per heavy atom. The van der Waals surface area contributed by atoms with Crippen LogP contribution in [0.15, 0.2) is 5.38 Å². The summed E-state index contributed by atoms with van der Waals surface area (Å²) in [6.07, 6.45) is 0.370. The van der Waals surface area contributed by atoms with Crippen molar-refractivity contribution in [2.45, 2.75) is 19.9 Å². The summed E-state index contributed by atoms with van der Waals surface area (Å²) >= 11 is 1.56. The predicted octanol–water partition coefficient (Wildman–Crippen LogP) is 1.06. The Morgan fingerprint density at radius 3 is 2.63 bits per heavy atom. The first kappa shape index (κ1) is 14.0. The number of carboxylic acid groups (broad SMARTS) is 2. The van der Waals surface area contributed by atoms with Gasteiger partial charge in [-0.25, -0.2) is 4.98 Å². The highest BCUT2D eigenvalue weighted by atomic mass is 32.1. The van der Waals surface area contributed by atoms with Crippen LogP contribution in [0.4, 0.5) is 0 Å². The van der Waals surface area contributed by atoms with Crippen LogP contribution in [-0.4, -0.2) is 45.1 Å². The Labute approximate surface area is 114 Å². The van der Waals surface area contributed by atoms with E-state index in [4.69, 9.17) is 10.2 Å². The molecule has 0 saturated carbocycles. The zero-order valence-electron chi connectivity index (χ0n) is 10.6. The smallest absolute Gasteiger partial charge is 0.308 e. The van der Waals surface area contributed by atoms with Gasteiger partial charge in [-0.1, -0.05) is 0 Å². The standard InChI is InChI=1S/C12H16N2O4S/c1-7-13-8(6-19-7)4-14-3-2-9(11(15)16)10(5-14)12(17)18/h6,9-10H,2-5H2,1H3,(H,15,16)(H,17,18). The number of piperidine rings is 1. The van der Waals surface area contributed by atoms with Crippen LogP contribution < -0.4 is 0 Å². The van der Waals surface area contributed by atoms with Gasteiger partial charge >= 0.3 is 11.9 Å². The van der Waals surface area contributed by atoms with Gasteiger partial charge in [-0.15, -0.1) is 11.3 Å². The minimum atomic E-state index is -1.04. The Morgan fingerprint density at radius 1 is 1.42 bits per heavy atom. The molecule has 19 heavy (non-hydrogen) atoms. The molecule has 0 amide bonds. The zero-order valence-corrected chi connectivity index (χ0v) is 11.4. The molecule has 2 atom stereocenters. The van der Waals surface area contributed by atoms with Gasteiger partial charge in [0.15, 0.2) is 0 Å². The molecule has 1 aliphatic heterocycles. The molecule has 1 aromatic heterocycles. The van der Waals surface area contributed by atoms with Crippen LogP contribution in [0.3, 0.4) is 0 Å². The van der Waals surface area contributed by atoms with Crippen LogP contribution in [0.25, 0.3) is 0 Å². The van der Waals surface area contributed by atoms with Gasteiger partial charge in [0.2, 0.25) is 0 Å². The molecule has 0 bridgehead atoms. The van der Waals surface area contributed by atoms with E-state index in [1.165, 1.54) is 0 Å². The number of carbonyl (C=O) groups is 2. The van der Waals surface area contributed by atoms with Crippen molar-refractivity contribution in [1.29, 1.82) is 0 Å². The third-order valence-corrected chi connectivity index (χ3v) is 4.21. The lowest BCUT2D eigenvalue weighted by Gasteiger charge is -2.34. The Balaban J connectivity index is 2.02. The summed E-state index contributed by atoms with van der Waals surface area (Å²) in [6, 6.07) is 0. The van der Waals surface area contributed by atoms with Crippen LogP contribution >= 0.6 is 11.3 Å². The third kappa shape index (κ3) is 3.30. The number of carboxylic acids is 2. The van der Waals surface area contributed by atoms with Crippen molar-refractivity contribution in [1.82, 2.24) is 9.88 Å². The fraction of sp³-hybridized carbons (Fsp3) is 0.583. The summed E-state index contributed by atoms with van der Waals surface area (Å²) in [5, 5.41) is 21.1. The maximum absolute atomic E-state index is 11.2. The van der Waals surface area contributed by atoms with Crippen LogP contribution in [0, 0.1) is 18.8 Å². The van der Waals surface area contributed by atoms with Crippen molar-refractivity contribution in [2.75, 3.05) is 13.1 Å². The van der Waals surface area contributed by atoms with Crippen molar-refractivity contribution in [3.8, 4) is 0 Å². The van der Waals surface area contributed by atoms with Crippen molar-refractivity contribution in [3.63, 3.8) is 0 Å². The van der Waals surface area contributed by atoms with Crippen molar-refractivity contribution < 1.29 is 19.8 Å². The first-order valence-electron chi connectivity index (χ1n) is 6.06. The third-order valence-electron chi connectivity index (χ3n) is 3.38. The summed E-state index contributed by atoms with van der Waals surface area (Å²) in [7, 11) is 0. The van der Waals surface area contributed by atoms with Crippen molar-refractivity contribution in [2.24, 2.45) is 11.8 Å². The quantitative estimate of drug-likeness (QED) is 0.859. The molecule has 0 aliphatic carbocycles. The van der Waals surface area contributed by atoms with E-state index >= 15 is 0 Å². The average molecular weight is 284 g/mol. The van der Waals surface area contributed by atoms with Crippen molar-refractivity contribution in [3.05, 3.63) is 16.1 Å². The summed E-state index contributed by atoms with van der Waals surface area (Å²) in [5.74, 6) is -3.68. The molecule has 6 nitrogen and oxygen atoms in total. The maximum Gasteiger partial charge on any atom is 0.308 e.